The highest BCUT2D eigenvalue weighted by Gasteiger charge is 2.35. The lowest BCUT2D eigenvalue weighted by Gasteiger charge is -2.35. The van der Waals surface area contributed by atoms with Crippen molar-refractivity contribution in [2.45, 2.75) is 52.2 Å². The average Bonchev–Trinajstić information content (AvgIpc) is 2.58. The molecule has 0 aliphatic carbocycles. The van der Waals surface area contributed by atoms with Crippen molar-refractivity contribution in [3.05, 3.63) is 0 Å². The number of nitrogens with one attached hydrogen (secondary N) is 1. The minimum absolute atomic E-state index is 0.242. The Morgan fingerprint density at radius 2 is 2.11 bits per heavy atom. The lowest BCUT2D eigenvalue weighted by Crippen LogP contribution is -2.49. The smallest absolute Gasteiger partial charge is 0.238 e. The number of hydrogen-bond donors (Lipinski definition) is 1. The Kier molecular flexibility index (Phi) is 6.09. The predicted molar refractivity (Wildman–Crippen MR) is 75.3 cm³/mol. The lowest BCUT2D eigenvalue weighted by atomic mass is 10.0. The molecule has 106 valence electrons. The first-order valence-electron chi connectivity index (χ1n) is 7.15. The second-order valence-electron chi connectivity index (χ2n) is 6.03. The fraction of sp³-hybridized carbons (Fsp3) is 0.929. The molecule has 1 amide bonds. The molecule has 0 saturated carbocycles. The van der Waals surface area contributed by atoms with Gasteiger partial charge in [0.15, 0.2) is 0 Å². The van der Waals surface area contributed by atoms with E-state index in [9.17, 15) is 4.79 Å². The van der Waals surface area contributed by atoms with Crippen LogP contribution in [0.4, 0.5) is 0 Å². The minimum Gasteiger partial charge on any atom is -0.322 e. The zero-order valence-electron chi connectivity index (χ0n) is 12.6. The number of hydrogen-bond acceptors (Lipinski definition) is 3. The van der Waals surface area contributed by atoms with E-state index in [-0.39, 0.29) is 12.1 Å². The van der Waals surface area contributed by atoms with Crippen LogP contribution in [0.25, 0.3) is 0 Å². The highest BCUT2D eigenvalue weighted by atomic mass is 16.2. The van der Waals surface area contributed by atoms with Crippen molar-refractivity contribution in [1.29, 1.82) is 0 Å². The van der Waals surface area contributed by atoms with Gasteiger partial charge in [-0.2, -0.15) is 0 Å². The number of carbonyl (C=O) groups excluding carboxylic acids is 1. The van der Waals surface area contributed by atoms with Crippen LogP contribution in [0.5, 0.6) is 0 Å². The van der Waals surface area contributed by atoms with Gasteiger partial charge in [-0.15, -0.1) is 0 Å². The largest absolute Gasteiger partial charge is 0.322 e. The Morgan fingerprint density at radius 1 is 1.44 bits per heavy atom. The first kappa shape index (κ1) is 15.4. The van der Waals surface area contributed by atoms with Gasteiger partial charge in [-0.25, -0.2) is 0 Å². The SMILES string of the molecule is CCCC1NCC(=O)N1C(CC(C)C)CN(C)C. The zero-order chi connectivity index (χ0) is 13.7. The molecule has 18 heavy (non-hydrogen) atoms. The maximum atomic E-state index is 12.1. The van der Waals surface area contributed by atoms with Crippen molar-refractivity contribution < 1.29 is 4.79 Å². The second-order valence-corrected chi connectivity index (χ2v) is 6.03. The van der Waals surface area contributed by atoms with E-state index < -0.39 is 0 Å². The predicted octanol–water partition coefficient (Wildman–Crippen LogP) is 1.52. The van der Waals surface area contributed by atoms with E-state index in [1.54, 1.807) is 0 Å². The van der Waals surface area contributed by atoms with Crippen molar-refractivity contribution in [1.82, 2.24) is 15.1 Å². The number of amides is 1. The van der Waals surface area contributed by atoms with Crippen LogP contribution >= 0.6 is 0 Å². The maximum absolute atomic E-state index is 12.1. The summed E-state index contributed by atoms with van der Waals surface area (Å²) in [5.74, 6) is 0.881. The molecule has 1 aliphatic heterocycles. The van der Waals surface area contributed by atoms with Crippen LogP contribution in [0.2, 0.25) is 0 Å². The van der Waals surface area contributed by atoms with Crippen molar-refractivity contribution in [2.24, 2.45) is 5.92 Å². The summed E-state index contributed by atoms with van der Waals surface area (Å²) < 4.78 is 0. The van der Waals surface area contributed by atoms with Gasteiger partial charge in [-0.05, 0) is 32.9 Å². The molecule has 0 aromatic rings. The number of nitrogens with zero attached hydrogens (tertiary/aromatic N) is 2. The maximum Gasteiger partial charge on any atom is 0.238 e. The minimum atomic E-state index is 0.242. The molecule has 0 bridgehead atoms. The van der Waals surface area contributed by atoms with E-state index in [2.05, 4.69) is 50.0 Å². The summed E-state index contributed by atoms with van der Waals surface area (Å²) in [7, 11) is 4.16. The molecule has 1 N–H and O–H groups in total. The van der Waals surface area contributed by atoms with E-state index in [1.807, 2.05) is 0 Å². The van der Waals surface area contributed by atoms with Crippen molar-refractivity contribution in [3.8, 4) is 0 Å². The first-order chi connectivity index (χ1) is 8.45. The fourth-order valence-electron chi connectivity index (χ4n) is 2.78. The van der Waals surface area contributed by atoms with Crippen molar-refractivity contribution in [3.63, 3.8) is 0 Å². The van der Waals surface area contributed by atoms with Gasteiger partial charge >= 0.3 is 0 Å². The summed E-state index contributed by atoms with van der Waals surface area (Å²) in [6.45, 7) is 8.08. The Morgan fingerprint density at radius 3 is 2.61 bits per heavy atom. The van der Waals surface area contributed by atoms with Crippen molar-refractivity contribution in [2.75, 3.05) is 27.2 Å². The first-order valence-corrected chi connectivity index (χ1v) is 7.15. The van der Waals surface area contributed by atoms with Crippen LogP contribution in [0.15, 0.2) is 0 Å². The van der Waals surface area contributed by atoms with Gasteiger partial charge in [0, 0.05) is 12.6 Å². The van der Waals surface area contributed by atoms with Gasteiger partial charge < -0.3 is 9.80 Å². The molecule has 2 unspecified atom stereocenters. The summed E-state index contributed by atoms with van der Waals surface area (Å²) in [5, 5.41) is 3.34. The third-order valence-electron chi connectivity index (χ3n) is 3.39. The topological polar surface area (TPSA) is 35.6 Å². The van der Waals surface area contributed by atoms with Crippen molar-refractivity contribution >= 4 is 5.91 Å². The molecule has 1 aliphatic rings. The highest BCUT2D eigenvalue weighted by molar-refractivity contribution is 5.81. The molecule has 2 atom stereocenters. The van der Waals surface area contributed by atoms with Crippen LogP contribution in [-0.2, 0) is 4.79 Å². The molecule has 1 rings (SSSR count). The van der Waals surface area contributed by atoms with Gasteiger partial charge in [0.1, 0.15) is 0 Å². The van der Waals surface area contributed by atoms with Crippen LogP contribution in [0.3, 0.4) is 0 Å². The summed E-state index contributed by atoms with van der Waals surface area (Å²) in [5.41, 5.74) is 0. The molecule has 1 fully saturated rings. The molecule has 0 spiro atoms. The van der Waals surface area contributed by atoms with Crippen LogP contribution in [-0.4, -0.2) is 55.1 Å². The zero-order valence-corrected chi connectivity index (χ0v) is 12.6. The second kappa shape index (κ2) is 7.10. The van der Waals surface area contributed by atoms with Gasteiger partial charge in [-0.3, -0.25) is 10.1 Å². The standard InChI is InChI=1S/C14H29N3O/c1-6-7-13-15-9-14(18)17(13)12(8-11(2)3)10-16(4)5/h11-13,15H,6-10H2,1-5H3. The molecule has 4 nitrogen and oxygen atoms in total. The van der Waals surface area contributed by atoms with E-state index in [1.165, 1.54) is 0 Å². The van der Waals surface area contributed by atoms with E-state index in [0.717, 1.165) is 25.8 Å². The Balaban J connectivity index is 2.76. The summed E-state index contributed by atoms with van der Waals surface area (Å²) in [6, 6.07) is 0.332. The van der Waals surface area contributed by atoms with E-state index >= 15 is 0 Å². The monoisotopic (exact) mass is 255 g/mol. The van der Waals surface area contributed by atoms with Gasteiger partial charge in [0.25, 0.3) is 0 Å². The molecule has 1 saturated heterocycles. The molecule has 0 radical (unpaired) electrons. The van der Waals surface area contributed by atoms with Gasteiger partial charge in [0.2, 0.25) is 5.91 Å². The summed E-state index contributed by atoms with van der Waals surface area (Å²) in [6.07, 6.45) is 3.48. The third kappa shape index (κ3) is 4.25. The molecule has 4 heteroatoms. The van der Waals surface area contributed by atoms with E-state index in [0.29, 0.717) is 18.5 Å². The molecular weight excluding hydrogens is 226 g/mol. The number of rotatable bonds is 7. The van der Waals surface area contributed by atoms with Gasteiger partial charge in [0.05, 0.1) is 12.7 Å². The quantitative estimate of drug-likeness (QED) is 0.749. The Bertz CT molecular complexity index is 256. The number of likely N-dealkylation sites (N-methyl/N-ethyl adjacent to an activating group) is 1. The summed E-state index contributed by atoms with van der Waals surface area (Å²) >= 11 is 0. The average molecular weight is 255 g/mol. The summed E-state index contributed by atoms with van der Waals surface area (Å²) in [4.78, 5) is 16.4. The molecule has 0 aromatic carbocycles. The van der Waals surface area contributed by atoms with Crippen LogP contribution < -0.4 is 5.32 Å². The third-order valence-corrected chi connectivity index (χ3v) is 3.39. The lowest BCUT2D eigenvalue weighted by molar-refractivity contribution is -0.131. The number of carbonyl (C=O) groups is 1. The van der Waals surface area contributed by atoms with E-state index in [4.69, 9.17) is 0 Å². The molecular formula is C14H29N3O. The molecule has 0 aromatic heterocycles. The van der Waals surface area contributed by atoms with Crippen LogP contribution in [0, 0.1) is 5.92 Å². The normalized spacial score (nSPS) is 22.3. The fourth-order valence-corrected chi connectivity index (χ4v) is 2.78. The highest BCUT2D eigenvalue weighted by Crippen LogP contribution is 2.20. The van der Waals surface area contributed by atoms with Gasteiger partial charge in [-0.1, -0.05) is 27.2 Å². The molecule has 1 heterocycles. The Hall–Kier alpha value is -0.610. The van der Waals surface area contributed by atoms with Crippen LogP contribution in [0.1, 0.15) is 40.0 Å². The Labute approximate surface area is 112 Å².